The molecule has 1 aromatic rings. The topological polar surface area (TPSA) is 24.4 Å². The summed E-state index contributed by atoms with van der Waals surface area (Å²) in [6.07, 6.45) is 0. The Labute approximate surface area is 95.2 Å². The molecule has 2 nitrogen and oxygen atoms in total. The molecule has 1 aromatic carbocycles. The number of nitrogens with zero attached hydrogens (tertiary/aromatic N) is 1. The molecule has 1 aliphatic heterocycles. The SMILES string of the molecule is Cc1ccc(C)c(NC2=NC(C)CS2)c1. The summed E-state index contributed by atoms with van der Waals surface area (Å²) in [6, 6.07) is 6.89. The molecule has 0 saturated heterocycles. The van der Waals surface area contributed by atoms with E-state index in [1.54, 1.807) is 11.8 Å². The van der Waals surface area contributed by atoms with Crippen LogP contribution in [0.5, 0.6) is 0 Å². The fourth-order valence-corrected chi connectivity index (χ4v) is 2.44. The molecule has 0 fully saturated rings. The number of nitrogens with one attached hydrogen (secondary N) is 1. The van der Waals surface area contributed by atoms with Gasteiger partial charge in [-0.1, -0.05) is 23.9 Å². The predicted octanol–water partition coefficient (Wildman–Crippen LogP) is 3.21. The summed E-state index contributed by atoms with van der Waals surface area (Å²) in [4.78, 5) is 4.52. The maximum Gasteiger partial charge on any atom is 0.161 e. The molecule has 0 amide bonds. The summed E-state index contributed by atoms with van der Waals surface area (Å²) in [5.74, 6) is 1.09. The van der Waals surface area contributed by atoms with E-state index >= 15 is 0 Å². The Morgan fingerprint density at radius 2 is 2.20 bits per heavy atom. The van der Waals surface area contributed by atoms with Crippen molar-refractivity contribution in [1.82, 2.24) is 0 Å². The molecule has 1 heterocycles. The van der Waals surface area contributed by atoms with E-state index < -0.39 is 0 Å². The number of anilines is 1. The Hall–Kier alpha value is -0.960. The second-order valence-electron chi connectivity index (χ2n) is 4.04. The lowest BCUT2D eigenvalue weighted by atomic mass is 10.1. The van der Waals surface area contributed by atoms with E-state index in [9.17, 15) is 0 Å². The van der Waals surface area contributed by atoms with E-state index in [4.69, 9.17) is 0 Å². The first-order valence-electron chi connectivity index (χ1n) is 5.20. The summed E-state index contributed by atoms with van der Waals surface area (Å²) in [7, 11) is 0. The van der Waals surface area contributed by atoms with Crippen molar-refractivity contribution in [3.63, 3.8) is 0 Å². The van der Waals surface area contributed by atoms with Crippen molar-refractivity contribution in [3.8, 4) is 0 Å². The van der Waals surface area contributed by atoms with Gasteiger partial charge in [0.2, 0.25) is 0 Å². The fraction of sp³-hybridized carbons (Fsp3) is 0.417. The van der Waals surface area contributed by atoms with Gasteiger partial charge in [0.15, 0.2) is 5.17 Å². The summed E-state index contributed by atoms with van der Waals surface area (Å²) in [5.41, 5.74) is 3.72. The second-order valence-corrected chi connectivity index (χ2v) is 5.05. The molecule has 0 radical (unpaired) electrons. The van der Waals surface area contributed by atoms with Crippen LogP contribution in [0.15, 0.2) is 23.2 Å². The van der Waals surface area contributed by atoms with Crippen LogP contribution in [-0.4, -0.2) is 17.0 Å². The van der Waals surface area contributed by atoms with Crippen LogP contribution < -0.4 is 5.32 Å². The lowest BCUT2D eigenvalue weighted by molar-refractivity contribution is 0.865. The quantitative estimate of drug-likeness (QED) is 0.786. The molecule has 1 unspecified atom stereocenters. The highest BCUT2D eigenvalue weighted by molar-refractivity contribution is 8.14. The first kappa shape index (κ1) is 10.6. The Morgan fingerprint density at radius 1 is 1.40 bits per heavy atom. The average Bonchev–Trinajstić information content (AvgIpc) is 2.58. The van der Waals surface area contributed by atoms with Crippen LogP contribution in [-0.2, 0) is 0 Å². The molecule has 1 atom stereocenters. The Balaban J connectivity index is 2.17. The molecular weight excluding hydrogens is 204 g/mol. The zero-order valence-electron chi connectivity index (χ0n) is 9.37. The highest BCUT2D eigenvalue weighted by atomic mass is 32.2. The Kier molecular flexibility index (Phi) is 3.00. The molecule has 80 valence electrons. The molecule has 0 spiro atoms. The van der Waals surface area contributed by atoms with Crippen molar-refractivity contribution < 1.29 is 0 Å². The average molecular weight is 220 g/mol. The number of amidine groups is 1. The van der Waals surface area contributed by atoms with Gasteiger partial charge >= 0.3 is 0 Å². The van der Waals surface area contributed by atoms with Gasteiger partial charge in [-0.05, 0) is 38.0 Å². The predicted molar refractivity (Wildman–Crippen MR) is 68.9 cm³/mol. The van der Waals surface area contributed by atoms with E-state index in [1.807, 2.05) is 0 Å². The Morgan fingerprint density at radius 3 is 2.87 bits per heavy atom. The minimum atomic E-state index is 0.447. The second kappa shape index (κ2) is 4.27. The van der Waals surface area contributed by atoms with Crippen molar-refractivity contribution in [2.75, 3.05) is 11.1 Å². The molecular formula is C12H16N2S. The third-order valence-electron chi connectivity index (χ3n) is 2.43. The van der Waals surface area contributed by atoms with E-state index in [0.29, 0.717) is 6.04 Å². The molecule has 3 heteroatoms. The summed E-state index contributed by atoms with van der Waals surface area (Å²) in [5, 5.41) is 4.45. The minimum Gasteiger partial charge on any atom is -0.335 e. The van der Waals surface area contributed by atoms with Crippen LogP contribution in [0.25, 0.3) is 0 Å². The van der Waals surface area contributed by atoms with Gasteiger partial charge in [0.05, 0.1) is 6.04 Å². The number of rotatable bonds is 1. The largest absolute Gasteiger partial charge is 0.335 e. The smallest absolute Gasteiger partial charge is 0.161 e. The Bertz CT molecular complexity index is 399. The summed E-state index contributed by atoms with van der Waals surface area (Å²) >= 11 is 1.80. The monoisotopic (exact) mass is 220 g/mol. The van der Waals surface area contributed by atoms with Gasteiger partial charge in [-0.25, -0.2) is 0 Å². The van der Waals surface area contributed by atoms with Crippen LogP contribution in [0.4, 0.5) is 5.69 Å². The van der Waals surface area contributed by atoms with Gasteiger partial charge < -0.3 is 5.32 Å². The molecule has 1 N–H and O–H groups in total. The normalized spacial score (nSPS) is 20.2. The van der Waals surface area contributed by atoms with Crippen molar-refractivity contribution >= 4 is 22.6 Å². The number of hydrogen-bond acceptors (Lipinski definition) is 3. The summed E-state index contributed by atoms with van der Waals surface area (Å²) in [6.45, 7) is 6.37. The third-order valence-corrected chi connectivity index (χ3v) is 3.56. The van der Waals surface area contributed by atoms with Gasteiger partial charge in [0.25, 0.3) is 0 Å². The first-order chi connectivity index (χ1) is 7.15. The van der Waals surface area contributed by atoms with Crippen molar-refractivity contribution in [1.29, 1.82) is 0 Å². The number of benzene rings is 1. The maximum absolute atomic E-state index is 4.52. The number of thioether (sulfide) groups is 1. The lowest BCUT2D eigenvalue weighted by Crippen LogP contribution is -2.06. The molecule has 0 aromatic heterocycles. The van der Waals surface area contributed by atoms with Crippen LogP contribution >= 0.6 is 11.8 Å². The zero-order valence-corrected chi connectivity index (χ0v) is 10.2. The highest BCUT2D eigenvalue weighted by Gasteiger charge is 2.14. The van der Waals surface area contributed by atoms with Crippen molar-refractivity contribution in [3.05, 3.63) is 29.3 Å². The van der Waals surface area contributed by atoms with E-state index in [-0.39, 0.29) is 0 Å². The summed E-state index contributed by atoms with van der Waals surface area (Å²) < 4.78 is 0. The molecule has 1 aliphatic rings. The van der Waals surface area contributed by atoms with E-state index in [2.05, 4.69) is 49.3 Å². The number of hydrogen-bond donors (Lipinski definition) is 1. The fourth-order valence-electron chi connectivity index (χ4n) is 1.53. The van der Waals surface area contributed by atoms with Crippen molar-refractivity contribution in [2.24, 2.45) is 4.99 Å². The molecule has 0 saturated carbocycles. The van der Waals surface area contributed by atoms with Gasteiger partial charge in [0.1, 0.15) is 0 Å². The van der Waals surface area contributed by atoms with E-state index in [1.165, 1.54) is 16.8 Å². The van der Waals surface area contributed by atoms with Crippen LogP contribution in [0.1, 0.15) is 18.1 Å². The lowest BCUT2D eigenvalue weighted by Gasteiger charge is -2.09. The van der Waals surface area contributed by atoms with Gasteiger partial charge in [-0.3, -0.25) is 4.99 Å². The third kappa shape index (κ3) is 2.53. The van der Waals surface area contributed by atoms with E-state index in [0.717, 1.165) is 10.9 Å². The van der Waals surface area contributed by atoms with Crippen LogP contribution in [0, 0.1) is 13.8 Å². The van der Waals surface area contributed by atoms with Gasteiger partial charge in [-0.2, -0.15) is 0 Å². The standard InChI is InChI=1S/C12H16N2S/c1-8-4-5-9(2)11(6-8)14-12-13-10(3)7-15-12/h4-6,10H,7H2,1-3H3,(H,13,14). The minimum absolute atomic E-state index is 0.447. The maximum atomic E-state index is 4.52. The number of aliphatic imine (C=N–C) groups is 1. The zero-order chi connectivity index (χ0) is 10.8. The van der Waals surface area contributed by atoms with Gasteiger partial charge in [-0.15, -0.1) is 0 Å². The van der Waals surface area contributed by atoms with Crippen LogP contribution in [0.3, 0.4) is 0 Å². The van der Waals surface area contributed by atoms with Crippen LogP contribution in [0.2, 0.25) is 0 Å². The highest BCUT2D eigenvalue weighted by Crippen LogP contribution is 2.22. The van der Waals surface area contributed by atoms with Gasteiger partial charge in [0, 0.05) is 11.4 Å². The molecule has 15 heavy (non-hydrogen) atoms. The molecule has 0 bridgehead atoms. The molecule has 2 rings (SSSR count). The number of aryl methyl sites for hydroxylation is 2. The molecule has 0 aliphatic carbocycles. The first-order valence-corrected chi connectivity index (χ1v) is 6.18. The van der Waals surface area contributed by atoms with Crippen molar-refractivity contribution in [2.45, 2.75) is 26.8 Å².